The van der Waals surface area contributed by atoms with Crippen LogP contribution in [-0.2, 0) is 14.3 Å². The number of carbonyl (C=O) groups is 2. The number of aliphatic carboxylic acids is 2. The van der Waals surface area contributed by atoms with E-state index >= 15 is 0 Å². The van der Waals surface area contributed by atoms with Gasteiger partial charge in [0.15, 0.2) is 0 Å². The molecule has 2 rings (SSSR count). The third-order valence-electron chi connectivity index (χ3n) is 4.46. The molecular formula is C21H29Cl2NO5. The monoisotopic (exact) mass is 445 g/mol. The maximum Gasteiger partial charge on any atom is 0.328 e. The van der Waals surface area contributed by atoms with E-state index in [4.69, 9.17) is 38.2 Å². The molecule has 0 saturated carbocycles. The molecule has 0 bridgehead atoms. The summed E-state index contributed by atoms with van der Waals surface area (Å²) >= 11 is 12.2. The highest BCUT2D eigenvalue weighted by Crippen LogP contribution is 2.35. The van der Waals surface area contributed by atoms with E-state index in [0.717, 1.165) is 32.7 Å². The summed E-state index contributed by atoms with van der Waals surface area (Å²) in [5.74, 6) is -0.919. The van der Waals surface area contributed by atoms with Crippen LogP contribution in [0.3, 0.4) is 0 Å². The van der Waals surface area contributed by atoms with Crippen molar-refractivity contribution in [2.24, 2.45) is 11.8 Å². The highest BCUT2D eigenvalue weighted by molar-refractivity contribution is 6.42. The molecule has 0 spiro atoms. The van der Waals surface area contributed by atoms with Gasteiger partial charge in [-0.25, -0.2) is 9.59 Å². The van der Waals surface area contributed by atoms with E-state index in [0.29, 0.717) is 40.0 Å². The number of halogens is 2. The fourth-order valence-electron chi connectivity index (χ4n) is 3.16. The van der Waals surface area contributed by atoms with Crippen molar-refractivity contribution in [1.29, 1.82) is 0 Å². The second-order valence-electron chi connectivity index (χ2n) is 7.53. The number of benzene rings is 1. The van der Waals surface area contributed by atoms with Gasteiger partial charge in [-0.05, 0) is 49.5 Å². The average Bonchev–Trinajstić information content (AvgIpc) is 2.63. The zero-order chi connectivity index (χ0) is 22.0. The van der Waals surface area contributed by atoms with Crippen molar-refractivity contribution in [2.75, 3.05) is 33.4 Å². The Kier molecular flexibility index (Phi) is 11.3. The number of likely N-dealkylation sites (tertiary alicyclic amines) is 1. The van der Waals surface area contributed by atoms with Gasteiger partial charge in [0.25, 0.3) is 0 Å². The molecule has 0 radical (unpaired) electrons. The Morgan fingerprint density at radius 2 is 1.83 bits per heavy atom. The van der Waals surface area contributed by atoms with Crippen LogP contribution in [0, 0.1) is 11.8 Å². The lowest BCUT2D eigenvalue weighted by atomic mass is 9.81. The lowest BCUT2D eigenvalue weighted by molar-refractivity contribution is -0.134. The molecule has 0 unspecified atom stereocenters. The van der Waals surface area contributed by atoms with Crippen molar-refractivity contribution < 1.29 is 24.5 Å². The number of ether oxygens (including phenoxy) is 1. The Bertz CT molecular complexity index is 692. The number of rotatable bonds is 7. The zero-order valence-electron chi connectivity index (χ0n) is 17.0. The fraction of sp³-hybridized carbons (Fsp3) is 0.524. The predicted molar refractivity (Wildman–Crippen MR) is 115 cm³/mol. The number of hydrogen-bond acceptors (Lipinski definition) is 4. The van der Waals surface area contributed by atoms with Gasteiger partial charge in [0, 0.05) is 31.2 Å². The van der Waals surface area contributed by atoms with E-state index in [1.54, 1.807) is 0 Å². The third kappa shape index (κ3) is 10.1. The van der Waals surface area contributed by atoms with Gasteiger partial charge in [0.1, 0.15) is 0 Å². The molecule has 1 aromatic carbocycles. The van der Waals surface area contributed by atoms with Crippen LogP contribution in [-0.4, -0.2) is 60.4 Å². The average molecular weight is 446 g/mol. The fourth-order valence-corrected chi connectivity index (χ4v) is 3.47. The minimum atomic E-state index is -1.26. The maximum atomic E-state index is 9.55. The van der Waals surface area contributed by atoms with Crippen LogP contribution in [0.1, 0.15) is 31.7 Å². The van der Waals surface area contributed by atoms with E-state index < -0.39 is 11.9 Å². The van der Waals surface area contributed by atoms with Crippen molar-refractivity contribution in [2.45, 2.75) is 26.2 Å². The minimum Gasteiger partial charge on any atom is -0.478 e. The summed E-state index contributed by atoms with van der Waals surface area (Å²) in [4.78, 5) is 21.5. The molecule has 0 aromatic heterocycles. The Labute approximate surface area is 182 Å². The molecule has 29 heavy (non-hydrogen) atoms. The summed E-state index contributed by atoms with van der Waals surface area (Å²) in [5, 5.41) is 16.9. The zero-order valence-corrected chi connectivity index (χ0v) is 18.5. The standard InChI is InChI=1S/C17H25Cl2NO.C4H4O4/c1-12(2)10-21-11-14-9-20(3)7-6-15(14)13-4-5-16(18)17(19)8-13;5-3(6)1-2-4(7)8/h4-5,8,12,14-15H,6-7,9-11H2,1-3H3;1-2H,(H,5,6)(H,7,8)/b;2-1+/t14-,15+;/m1./s1. The molecular weight excluding hydrogens is 417 g/mol. The predicted octanol–water partition coefficient (Wildman–Crippen LogP) is 4.41. The van der Waals surface area contributed by atoms with Crippen LogP contribution >= 0.6 is 23.2 Å². The SMILES string of the molecule is CC(C)COC[C@H]1CN(C)CC[C@H]1c1ccc(Cl)c(Cl)c1.O=C(O)/C=C/C(=O)O. The molecule has 0 aliphatic carbocycles. The van der Waals surface area contributed by atoms with Gasteiger partial charge in [-0.2, -0.15) is 0 Å². The van der Waals surface area contributed by atoms with Crippen LogP contribution in [0.4, 0.5) is 0 Å². The second kappa shape index (κ2) is 12.9. The summed E-state index contributed by atoms with van der Waals surface area (Å²) in [6.45, 7) is 8.20. The van der Waals surface area contributed by atoms with E-state index in [2.05, 4.69) is 31.9 Å². The molecule has 1 aliphatic rings. The normalized spacial score (nSPS) is 19.8. The van der Waals surface area contributed by atoms with Crippen LogP contribution in [0.25, 0.3) is 0 Å². The maximum absolute atomic E-state index is 9.55. The van der Waals surface area contributed by atoms with Crippen LogP contribution < -0.4 is 0 Å². The van der Waals surface area contributed by atoms with Gasteiger partial charge in [-0.3, -0.25) is 0 Å². The molecule has 1 aromatic rings. The first-order valence-corrected chi connectivity index (χ1v) is 10.2. The Morgan fingerprint density at radius 1 is 1.21 bits per heavy atom. The number of nitrogens with zero attached hydrogens (tertiary/aromatic N) is 1. The molecule has 1 fully saturated rings. The van der Waals surface area contributed by atoms with E-state index in [1.165, 1.54) is 5.56 Å². The smallest absolute Gasteiger partial charge is 0.328 e. The van der Waals surface area contributed by atoms with Crippen molar-refractivity contribution >= 4 is 35.1 Å². The third-order valence-corrected chi connectivity index (χ3v) is 5.20. The lowest BCUT2D eigenvalue weighted by Gasteiger charge is -2.37. The quantitative estimate of drug-likeness (QED) is 0.604. The molecule has 2 atom stereocenters. The largest absolute Gasteiger partial charge is 0.478 e. The highest BCUT2D eigenvalue weighted by Gasteiger charge is 2.29. The molecule has 0 amide bonds. The highest BCUT2D eigenvalue weighted by atomic mass is 35.5. The van der Waals surface area contributed by atoms with Crippen molar-refractivity contribution in [3.8, 4) is 0 Å². The Morgan fingerprint density at radius 3 is 2.34 bits per heavy atom. The number of hydrogen-bond donors (Lipinski definition) is 2. The van der Waals surface area contributed by atoms with Gasteiger partial charge in [-0.1, -0.05) is 43.1 Å². The van der Waals surface area contributed by atoms with Crippen LogP contribution in [0.15, 0.2) is 30.4 Å². The molecule has 8 heteroatoms. The van der Waals surface area contributed by atoms with E-state index in [1.807, 2.05) is 12.1 Å². The summed E-state index contributed by atoms with van der Waals surface area (Å²) < 4.78 is 5.90. The number of carboxylic acid groups (broad SMARTS) is 2. The van der Waals surface area contributed by atoms with Gasteiger partial charge in [0.2, 0.25) is 0 Å². The first-order chi connectivity index (χ1) is 13.6. The first-order valence-electron chi connectivity index (χ1n) is 9.45. The van der Waals surface area contributed by atoms with Gasteiger partial charge in [-0.15, -0.1) is 0 Å². The second-order valence-corrected chi connectivity index (χ2v) is 8.35. The van der Waals surface area contributed by atoms with Gasteiger partial charge < -0.3 is 19.8 Å². The van der Waals surface area contributed by atoms with E-state index in [-0.39, 0.29) is 0 Å². The van der Waals surface area contributed by atoms with Crippen LogP contribution in [0.5, 0.6) is 0 Å². The number of carboxylic acids is 2. The minimum absolute atomic E-state index is 0.503. The van der Waals surface area contributed by atoms with E-state index in [9.17, 15) is 9.59 Å². The van der Waals surface area contributed by atoms with Gasteiger partial charge in [0.05, 0.1) is 16.7 Å². The van der Waals surface area contributed by atoms with Gasteiger partial charge >= 0.3 is 11.9 Å². The van der Waals surface area contributed by atoms with Crippen molar-refractivity contribution in [3.63, 3.8) is 0 Å². The van der Waals surface area contributed by atoms with Crippen molar-refractivity contribution in [1.82, 2.24) is 4.90 Å². The Balaban J connectivity index is 0.000000447. The lowest BCUT2D eigenvalue weighted by Crippen LogP contribution is -2.39. The summed E-state index contributed by atoms with van der Waals surface area (Å²) in [6.07, 6.45) is 2.26. The topological polar surface area (TPSA) is 87.1 Å². The molecule has 6 nitrogen and oxygen atoms in total. The summed E-state index contributed by atoms with van der Waals surface area (Å²) in [6, 6.07) is 6.04. The van der Waals surface area contributed by atoms with Crippen LogP contribution in [0.2, 0.25) is 10.0 Å². The summed E-state index contributed by atoms with van der Waals surface area (Å²) in [5.41, 5.74) is 1.29. The number of piperidine rings is 1. The summed E-state index contributed by atoms with van der Waals surface area (Å²) in [7, 11) is 2.18. The Hall–Kier alpha value is -1.60. The molecule has 1 heterocycles. The molecule has 2 N–H and O–H groups in total. The van der Waals surface area contributed by atoms with Crippen molar-refractivity contribution in [3.05, 3.63) is 46.0 Å². The first kappa shape index (κ1) is 25.4. The molecule has 1 aliphatic heterocycles. The molecule has 162 valence electrons. The molecule has 1 saturated heterocycles.